The van der Waals surface area contributed by atoms with E-state index in [4.69, 9.17) is 5.73 Å². The monoisotopic (exact) mass is 169 g/mol. The molecule has 0 bridgehead atoms. The van der Waals surface area contributed by atoms with Crippen LogP contribution >= 0.6 is 0 Å². The number of rotatable bonds is 5. The van der Waals surface area contributed by atoms with Gasteiger partial charge in [-0.05, 0) is 18.9 Å². The van der Waals surface area contributed by atoms with Gasteiger partial charge in [-0.2, -0.15) is 0 Å². The molecule has 70 valence electrons. The van der Waals surface area contributed by atoms with Gasteiger partial charge in [0.05, 0.1) is 6.10 Å². The summed E-state index contributed by atoms with van der Waals surface area (Å²) in [4.78, 5) is 0. The Balaban J connectivity index is 4.22. The number of nitrogens with two attached hydrogens (primary N) is 1. The van der Waals surface area contributed by atoms with E-state index in [2.05, 4.69) is 13.5 Å². The zero-order chi connectivity index (χ0) is 9.56. The molecule has 0 rings (SSSR count). The summed E-state index contributed by atoms with van der Waals surface area (Å²) in [5.41, 5.74) is 6.39. The van der Waals surface area contributed by atoms with Crippen LogP contribution in [0.1, 0.15) is 26.7 Å². The zero-order valence-corrected chi connectivity index (χ0v) is 7.96. The highest BCUT2D eigenvalue weighted by Crippen LogP contribution is 2.08. The molecule has 0 aromatic carbocycles. The number of unbranched alkanes of at least 4 members (excludes halogenated alkanes) is 1. The highest BCUT2D eigenvalue weighted by Gasteiger charge is 2.11. The van der Waals surface area contributed by atoms with Crippen LogP contribution in [-0.2, 0) is 0 Å². The van der Waals surface area contributed by atoms with Gasteiger partial charge in [-0.3, -0.25) is 0 Å². The van der Waals surface area contributed by atoms with E-state index < -0.39 is 6.10 Å². The summed E-state index contributed by atoms with van der Waals surface area (Å²) < 4.78 is 0. The lowest BCUT2D eigenvalue weighted by Gasteiger charge is -2.15. The van der Waals surface area contributed by atoms with Crippen LogP contribution < -0.4 is 5.73 Å². The van der Waals surface area contributed by atoms with Crippen molar-refractivity contribution in [3.8, 4) is 0 Å². The smallest absolute Gasteiger partial charge is 0.0934 e. The minimum absolute atomic E-state index is 0.230. The second-order valence-corrected chi connectivity index (χ2v) is 3.00. The maximum absolute atomic E-state index is 9.55. The molecule has 0 heterocycles. The van der Waals surface area contributed by atoms with E-state index in [-0.39, 0.29) is 6.04 Å². The van der Waals surface area contributed by atoms with Crippen molar-refractivity contribution in [2.75, 3.05) is 0 Å². The minimum atomic E-state index is -0.575. The molecule has 0 aromatic rings. The average molecular weight is 169 g/mol. The van der Waals surface area contributed by atoms with E-state index >= 15 is 0 Å². The van der Waals surface area contributed by atoms with Gasteiger partial charge < -0.3 is 10.8 Å². The number of aliphatic hydroxyl groups excluding tert-OH is 1. The van der Waals surface area contributed by atoms with Crippen LogP contribution in [-0.4, -0.2) is 17.3 Å². The predicted molar refractivity (Wildman–Crippen MR) is 52.8 cm³/mol. The van der Waals surface area contributed by atoms with E-state index in [0.29, 0.717) is 0 Å². The molecule has 0 saturated heterocycles. The van der Waals surface area contributed by atoms with E-state index in [1.165, 1.54) is 0 Å². The van der Waals surface area contributed by atoms with Crippen molar-refractivity contribution in [3.05, 3.63) is 24.3 Å². The Kier molecular flexibility index (Phi) is 5.68. The first kappa shape index (κ1) is 11.4. The van der Waals surface area contributed by atoms with Crippen LogP contribution in [0.3, 0.4) is 0 Å². The molecule has 0 aliphatic carbocycles. The van der Waals surface area contributed by atoms with Crippen molar-refractivity contribution in [2.24, 2.45) is 5.73 Å². The molecular formula is C10H19NO. The summed E-state index contributed by atoms with van der Waals surface area (Å²) in [7, 11) is 0. The molecule has 0 amide bonds. The summed E-state index contributed by atoms with van der Waals surface area (Å²) in [6, 6.07) is -0.230. The normalized spacial score (nSPS) is 17.2. The van der Waals surface area contributed by atoms with Gasteiger partial charge >= 0.3 is 0 Å². The van der Waals surface area contributed by atoms with Crippen LogP contribution in [0, 0.1) is 0 Å². The summed E-state index contributed by atoms with van der Waals surface area (Å²) in [5.74, 6) is 0. The molecule has 0 fully saturated rings. The topological polar surface area (TPSA) is 46.2 Å². The van der Waals surface area contributed by atoms with Gasteiger partial charge in [0, 0.05) is 6.04 Å². The molecule has 0 radical (unpaired) electrons. The Labute approximate surface area is 74.8 Å². The quantitative estimate of drug-likeness (QED) is 0.614. The van der Waals surface area contributed by atoms with Crippen LogP contribution in [0.25, 0.3) is 0 Å². The molecule has 0 aromatic heterocycles. The molecule has 0 spiro atoms. The first-order valence-corrected chi connectivity index (χ1v) is 4.39. The highest BCUT2D eigenvalue weighted by atomic mass is 16.3. The standard InChI is InChI=1S/C10H19NO/c1-4-6-7-9(5-2)10(12)8(3)11/h5,7-8,10,12H,2,4,6,11H2,1,3H3/b9-7+. The zero-order valence-electron chi connectivity index (χ0n) is 7.96. The van der Waals surface area contributed by atoms with E-state index in [9.17, 15) is 5.11 Å². The minimum Gasteiger partial charge on any atom is -0.387 e. The highest BCUT2D eigenvalue weighted by molar-refractivity contribution is 5.22. The fourth-order valence-electron chi connectivity index (χ4n) is 0.939. The molecule has 2 unspecified atom stereocenters. The third-order valence-electron chi connectivity index (χ3n) is 1.74. The molecule has 0 aliphatic heterocycles. The maximum atomic E-state index is 9.55. The van der Waals surface area contributed by atoms with E-state index in [1.807, 2.05) is 6.08 Å². The lowest BCUT2D eigenvalue weighted by Crippen LogP contribution is -2.32. The van der Waals surface area contributed by atoms with E-state index in [0.717, 1.165) is 18.4 Å². The van der Waals surface area contributed by atoms with Crippen LogP contribution in [0.5, 0.6) is 0 Å². The number of hydrogen-bond donors (Lipinski definition) is 2. The Morgan fingerprint density at radius 1 is 1.67 bits per heavy atom. The number of hydrogen-bond acceptors (Lipinski definition) is 2. The van der Waals surface area contributed by atoms with E-state index in [1.54, 1.807) is 13.0 Å². The van der Waals surface area contributed by atoms with Gasteiger partial charge in [0.25, 0.3) is 0 Å². The average Bonchev–Trinajstić information content (AvgIpc) is 2.05. The largest absolute Gasteiger partial charge is 0.387 e. The van der Waals surface area contributed by atoms with Crippen LogP contribution in [0.4, 0.5) is 0 Å². The second-order valence-electron chi connectivity index (χ2n) is 3.00. The maximum Gasteiger partial charge on any atom is 0.0934 e. The van der Waals surface area contributed by atoms with Gasteiger partial charge in [-0.15, -0.1) is 0 Å². The van der Waals surface area contributed by atoms with Crippen molar-refractivity contribution in [2.45, 2.75) is 38.8 Å². The third kappa shape index (κ3) is 3.69. The molecule has 2 nitrogen and oxygen atoms in total. The Morgan fingerprint density at radius 3 is 2.58 bits per heavy atom. The first-order valence-electron chi connectivity index (χ1n) is 4.39. The van der Waals surface area contributed by atoms with Crippen molar-refractivity contribution in [1.82, 2.24) is 0 Å². The number of aliphatic hydroxyl groups is 1. The van der Waals surface area contributed by atoms with Gasteiger partial charge in [0.1, 0.15) is 0 Å². The summed E-state index contributed by atoms with van der Waals surface area (Å²) in [6.07, 6.45) is 5.12. The molecule has 0 aliphatic rings. The lowest BCUT2D eigenvalue weighted by atomic mass is 10.0. The summed E-state index contributed by atoms with van der Waals surface area (Å²) in [6.45, 7) is 7.51. The Hall–Kier alpha value is -0.600. The van der Waals surface area contributed by atoms with Crippen molar-refractivity contribution in [3.63, 3.8) is 0 Å². The van der Waals surface area contributed by atoms with Crippen molar-refractivity contribution in [1.29, 1.82) is 0 Å². The van der Waals surface area contributed by atoms with Gasteiger partial charge in [-0.1, -0.05) is 32.1 Å². The lowest BCUT2D eigenvalue weighted by molar-refractivity contribution is 0.189. The fraction of sp³-hybridized carbons (Fsp3) is 0.600. The molecule has 0 saturated carbocycles. The summed E-state index contributed by atoms with van der Waals surface area (Å²) in [5, 5.41) is 9.55. The molecule has 2 heteroatoms. The Bertz CT molecular complexity index is 161. The van der Waals surface area contributed by atoms with Crippen molar-refractivity contribution >= 4 is 0 Å². The van der Waals surface area contributed by atoms with Crippen LogP contribution in [0.15, 0.2) is 24.3 Å². The molecule has 12 heavy (non-hydrogen) atoms. The van der Waals surface area contributed by atoms with Gasteiger partial charge in [0.15, 0.2) is 0 Å². The first-order chi connectivity index (χ1) is 5.63. The molecule has 2 atom stereocenters. The fourth-order valence-corrected chi connectivity index (χ4v) is 0.939. The summed E-state index contributed by atoms with van der Waals surface area (Å²) >= 11 is 0. The third-order valence-corrected chi connectivity index (χ3v) is 1.74. The molecule has 3 N–H and O–H groups in total. The number of allylic oxidation sites excluding steroid dienone is 1. The molecular weight excluding hydrogens is 150 g/mol. The van der Waals surface area contributed by atoms with Gasteiger partial charge in [-0.25, -0.2) is 0 Å². The van der Waals surface area contributed by atoms with Crippen molar-refractivity contribution < 1.29 is 5.11 Å². The van der Waals surface area contributed by atoms with Gasteiger partial charge in [0.2, 0.25) is 0 Å². The Morgan fingerprint density at radius 2 is 2.25 bits per heavy atom. The van der Waals surface area contributed by atoms with Crippen LogP contribution in [0.2, 0.25) is 0 Å². The second kappa shape index (κ2) is 5.98. The predicted octanol–water partition coefficient (Wildman–Crippen LogP) is 1.61. The SMILES string of the molecule is C=C/C(=C\CCC)C(O)C(C)N.